The number of fused-ring (bicyclic) bond motifs is 2. The summed E-state index contributed by atoms with van der Waals surface area (Å²) in [4.78, 5) is 22.3. The zero-order valence-electron chi connectivity index (χ0n) is 26.6. The lowest BCUT2D eigenvalue weighted by molar-refractivity contribution is -0.183. The standard InChI is InChI=1S/C33H56N4O4/c1-20(2)12-26(18-36(7)8)34-16-23-10-9-11-24(13-23)17-37-31(30(22(4)39)29(19-38)41-37)32(40)35-28-15-25-14-27(21(28)3)33(25,5)6/h9-11,13,20-22,25-31,34,38-39H,12,14-19H2,1-8H3,(H,35,40)/t21-,22-,25+,26-,27+,28-,29-,30?,31-/m0/s1. The molecule has 41 heavy (non-hydrogen) atoms. The monoisotopic (exact) mass is 572 g/mol. The first-order valence-corrected chi connectivity index (χ1v) is 15.8. The van der Waals surface area contributed by atoms with Crippen molar-refractivity contribution in [3.63, 3.8) is 0 Å². The molecule has 2 bridgehead atoms. The van der Waals surface area contributed by atoms with Crippen LogP contribution in [0.15, 0.2) is 24.3 Å². The van der Waals surface area contributed by atoms with Gasteiger partial charge in [-0.1, -0.05) is 58.9 Å². The van der Waals surface area contributed by atoms with Gasteiger partial charge in [0.05, 0.1) is 19.3 Å². The first-order chi connectivity index (χ1) is 19.3. The number of nitrogens with zero attached hydrogens (tertiary/aromatic N) is 2. The molecule has 4 N–H and O–H groups in total. The van der Waals surface area contributed by atoms with Gasteiger partial charge in [0.2, 0.25) is 5.91 Å². The number of hydrogen-bond acceptors (Lipinski definition) is 7. The zero-order valence-corrected chi connectivity index (χ0v) is 26.6. The topological polar surface area (TPSA) is 97.3 Å². The number of benzene rings is 1. The van der Waals surface area contributed by atoms with E-state index < -0.39 is 24.2 Å². The fourth-order valence-electron chi connectivity index (χ4n) is 8.00. The summed E-state index contributed by atoms with van der Waals surface area (Å²) in [7, 11) is 4.22. The molecule has 5 rings (SSSR count). The molecule has 1 aliphatic heterocycles. The van der Waals surface area contributed by atoms with E-state index in [1.54, 1.807) is 12.0 Å². The van der Waals surface area contributed by atoms with Gasteiger partial charge in [0.25, 0.3) is 0 Å². The molecule has 232 valence electrons. The highest BCUT2D eigenvalue weighted by Crippen LogP contribution is 2.61. The molecule has 0 radical (unpaired) electrons. The molecule has 0 spiro atoms. The summed E-state index contributed by atoms with van der Waals surface area (Å²) in [6.07, 6.45) is 1.93. The molecule has 3 saturated carbocycles. The van der Waals surface area contributed by atoms with E-state index in [9.17, 15) is 15.0 Å². The number of amides is 1. The Bertz CT molecular complexity index is 1000. The number of hydroxylamine groups is 2. The van der Waals surface area contributed by atoms with Gasteiger partial charge in [0, 0.05) is 31.1 Å². The summed E-state index contributed by atoms with van der Waals surface area (Å²) >= 11 is 0. The van der Waals surface area contributed by atoms with E-state index >= 15 is 0 Å². The van der Waals surface area contributed by atoms with Gasteiger partial charge in [0.1, 0.15) is 12.1 Å². The number of aliphatic hydroxyl groups excluding tert-OH is 2. The van der Waals surface area contributed by atoms with Crippen molar-refractivity contribution in [2.45, 2.75) is 104 Å². The predicted octanol–water partition coefficient (Wildman–Crippen LogP) is 3.41. The maximum atomic E-state index is 13.9. The Morgan fingerprint density at radius 2 is 1.90 bits per heavy atom. The molecule has 4 fully saturated rings. The summed E-state index contributed by atoms with van der Waals surface area (Å²) in [6, 6.07) is 8.24. The van der Waals surface area contributed by atoms with Crippen molar-refractivity contribution in [2.24, 2.45) is 35.0 Å². The van der Waals surface area contributed by atoms with Crippen LogP contribution in [-0.2, 0) is 22.7 Å². The number of likely N-dealkylation sites (N-methyl/N-ethyl adjacent to an activating group) is 1. The number of carbonyl (C=O) groups excluding carboxylic acids is 1. The Balaban J connectivity index is 1.46. The summed E-state index contributed by atoms with van der Waals surface area (Å²) in [6.45, 7) is 15.1. The van der Waals surface area contributed by atoms with Gasteiger partial charge in [-0.2, -0.15) is 5.06 Å². The highest BCUT2D eigenvalue weighted by Gasteiger charge is 2.57. The van der Waals surface area contributed by atoms with E-state index in [4.69, 9.17) is 4.84 Å². The first kappa shape index (κ1) is 32.4. The van der Waals surface area contributed by atoms with Crippen molar-refractivity contribution < 1.29 is 19.8 Å². The predicted molar refractivity (Wildman–Crippen MR) is 163 cm³/mol. The van der Waals surface area contributed by atoms with E-state index in [1.165, 1.54) is 12.0 Å². The normalized spacial score (nSPS) is 32.6. The molecule has 1 unspecified atom stereocenters. The van der Waals surface area contributed by atoms with E-state index in [1.807, 2.05) is 6.07 Å². The summed E-state index contributed by atoms with van der Waals surface area (Å²) in [5, 5.41) is 29.6. The zero-order chi connectivity index (χ0) is 30.1. The third kappa shape index (κ3) is 7.34. The second-order valence-corrected chi connectivity index (χ2v) is 14.5. The Labute approximate surface area is 248 Å². The van der Waals surface area contributed by atoms with Crippen molar-refractivity contribution in [3.05, 3.63) is 35.4 Å². The number of hydrogen-bond donors (Lipinski definition) is 4. The van der Waals surface area contributed by atoms with Crippen LogP contribution in [0.25, 0.3) is 0 Å². The van der Waals surface area contributed by atoms with E-state index in [0.717, 1.165) is 31.5 Å². The maximum absolute atomic E-state index is 13.9. The number of carbonyl (C=O) groups is 1. The number of rotatable bonds is 13. The van der Waals surface area contributed by atoms with Crippen LogP contribution in [0.4, 0.5) is 0 Å². The van der Waals surface area contributed by atoms with Crippen LogP contribution in [0.5, 0.6) is 0 Å². The van der Waals surface area contributed by atoms with Crippen LogP contribution >= 0.6 is 0 Å². The SMILES string of the molecule is CC(C)C[C@@H](CN(C)C)NCc1cccc(CN2O[C@@H](CO)C([C@H](C)O)[C@H]2C(=O)N[C@H]2C[C@H]3C[C@H]([C@@H]2C)C3(C)C)c1. The molecule has 8 heteroatoms. The van der Waals surface area contributed by atoms with Gasteiger partial charge in [-0.05, 0) is 80.5 Å². The van der Waals surface area contributed by atoms with Crippen molar-refractivity contribution in [3.8, 4) is 0 Å². The largest absolute Gasteiger partial charge is 0.394 e. The van der Waals surface area contributed by atoms with Crippen molar-refractivity contribution in [1.82, 2.24) is 20.6 Å². The molecule has 4 aliphatic rings. The second-order valence-electron chi connectivity index (χ2n) is 14.5. The van der Waals surface area contributed by atoms with E-state index in [-0.39, 0.29) is 18.6 Å². The smallest absolute Gasteiger partial charge is 0.240 e. The lowest BCUT2D eigenvalue weighted by Gasteiger charge is -2.62. The number of aliphatic hydroxyl groups is 2. The minimum atomic E-state index is -0.797. The molecular formula is C33H56N4O4. The van der Waals surface area contributed by atoms with E-state index in [0.29, 0.717) is 41.7 Å². The quantitative estimate of drug-likeness (QED) is 0.288. The average Bonchev–Trinajstić information content (AvgIpc) is 3.26. The molecule has 0 aromatic heterocycles. The molecule has 1 aromatic carbocycles. The summed E-state index contributed by atoms with van der Waals surface area (Å²) in [5.41, 5.74) is 2.56. The molecule has 8 nitrogen and oxygen atoms in total. The molecule has 1 amide bonds. The van der Waals surface area contributed by atoms with Gasteiger partial charge in [-0.25, -0.2) is 0 Å². The van der Waals surface area contributed by atoms with Gasteiger partial charge in [-0.3, -0.25) is 9.63 Å². The Morgan fingerprint density at radius 1 is 1.20 bits per heavy atom. The fraction of sp³-hybridized carbons (Fsp3) is 0.788. The van der Waals surface area contributed by atoms with Crippen LogP contribution < -0.4 is 10.6 Å². The first-order valence-electron chi connectivity index (χ1n) is 15.8. The lowest BCUT2D eigenvalue weighted by Crippen LogP contribution is -2.62. The van der Waals surface area contributed by atoms with Crippen molar-refractivity contribution >= 4 is 5.91 Å². The molecule has 1 aromatic rings. The number of nitrogens with one attached hydrogen (secondary N) is 2. The molecular weight excluding hydrogens is 516 g/mol. The third-order valence-corrected chi connectivity index (χ3v) is 10.3. The lowest BCUT2D eigenvalue weighted by atomic mass is 9.45. The molecule has 3 aliphatic carbocycles. The van der Waals surface area contributed by atoms with E-state index in [2.05, 4.69) is 82.4 Å². The van der Waals surface area contributed by atoms with Crippen LogP contribution in [-0.4, -0.2) is 83.7 Å². The Morgan fingerprint density at radius 3 is 2.49 bits per heavy atom. The fourth-order valence-corrected chi connectivity index (χ4v) is 8.00. The second kappa shape index (κ2) is 13.4. The van der Waals surface area contributed by atoms with Crippen LogP contribution in [0.3, 0.4) is 0 Å². The summed E-state index contributed by atoms with van der Waals surface area (Å²) < 4.78 is 0. The highest BCUT2D eigenvalue weighted by molar-refractivity contribution is 5.82. The maximum Gasteiger partial charge on any atom is 0.240 e. The van der Waals surface area contributed by atoms with Crippen molar-refractivity contribution in [1.29, 1.82) is 0 Å². The molecule has 1 saturated heterocycles. The highest BCUT2D eigenvalue weighted by atomic mass is 16.7. The van der Waals surface area contributed by atoms with Gasteiger partial charge < -0.3 is 25.7 Å². The average molecular weight is 573 g/mol. The van der Waals surface area contributed by atoms with Gasteiger partial charge in [-0.15, -0.1) is 0 Å². The Hall–Kier alpha value is -1.55. The van der Waals surface area contributed by atoms with Crippen LogP contribution in [0.1, 0.15) is 71.9 Å². The minimum absolute atomic E-state index is 0.110. The molecule has 1 heterocycles. The Kier molecular flexibility index (Phi) is 10.6. The van der Waals surface area contributed by atoms with Gasteiger partial charge >= 0.3 is 0 Å². The summed E-state index contributed by atoms with van der Waals surface area (Å²) in [5.74, 6) is 1.65. The minimum Gasteiger partial charge on any atom is -0.394 e. The van der Waals surface area contributed by atoms with Gasteiger partial charge in [0.15, 0.2) is 0 Å². The van der Waals surface area contributed by atoms with Crippen LogP contribution in [0.2, 0.25) is 0 Å². The van der Waals surface area contributed by atoms with Crippen molar-refractivity contribution in [2.75, 3.05) is 27.2 Å². The third-order valence-electron chi connectivity index (χ3n) is 10.3. The van der Waals surface area contributed by atoms with Crippen LogP contribution in [0, 0.1) is 35.0 Å². The molecule has 9 atom stereocenters.